The first-order valence-corrected chi connectivity index (χ1v) is 10.8. The Kier molecular flexibility index (Phi) is 5.67. The van der Waals surface area contributed by atoms with Crippen LogP contribution in [0.25, 0.3) is 0 Å². The van der Waals surface area contributed by atoms with Gasteiger partial charge in [0.05, 0.1) is 5.56 Å². The van der Waals surface area contributed by atoms with E-state index in [1.807, 2.05) is 0 Å². The minimum Gasteiger partial charge on any atom is -0.396 e. The van der Waals surface area contributed by atoms with Crippen molar-refractivity contribution in [3.05, 3.63) is 52.9 Å². The minimum atomic E-state index is -4.46. The van der Waals surface area contributed by atoms with E-state index in [1.165, 1.54) is 22.5 Å². The van der Waals surface area contributed by atoms with Crippen LogP contribution in [0.15, 0.2) is 46.0 Å². The van der Waals surface area contributed by atoms with Crippen LogP contribution in [0.2, 0.25) is 0 Å². The molecule has 0 amide bonds. The van der Waals surface area contributed by atoms with Crippen molar-refractivity contribution in [3.63, 3.8) is 0 Å². The molecule has 0 atom stereocenters. The zero-order valence-electron chi connectivity index (χ0n) is 14.4. The van der Waals surface area contributed by atoms with E-state index in [2.05, 4.69) is 0 Å². The number of hydrogen-bond donors (Lipinski definition) is 1. The lowest BCUT2D eigenvalue weighted by Gasteiger charge is -2.40. The van der Waals surface area contributed by atoms with Crippen LogP contribution in [0.1, 0.15) is 24.0 Å². The third-order valence-electron chi connectivity index (χ3n) is 5.10. The predicted molar refractivity (Wildman–Crippen MR) is 97.0 cm³/mol. The number of piperidine rings is 1. The summed E-state index contributed by atoms with van der Waals surface area (Å²) in [4.78, 5) is 0. The van der Waals surface area contributed by atoms with Gasteiger partial charge in [0.15, 0.2) is 0 Å². The molecule has 2 aromatic rings. The molecule has 1 aliphatic rings. The van der Waals surface area contributed by atoms with Crippen molar-refractivity contribution in [2.45, 2.75) is 29.6 Å². The number of rotatable bonds is 5. The monoisotopic (exact) mass is 419 g/mol. The van der Waals surface area contributed by atoms with Crippen molar-refractivity contribution >= 4 is 21.4 Å². The highest BCUT2D eigenvalue weighted by Crippen LogP contribution is 2.40. The normalized spacial score (nSPS) is 18.5. The van der Waals surface area contributed by atoms with Gasteiger partial charge in [0.2, 0.25) is 0 Å². The van der Waals surface area contributed by atoms with Gasteiger partial charge in [-0.25, -0.2) is 8.42 Å². The Morgan fingerprint density at radius 2 is 1.78 bits per heavy atom. The fourth-order valence-electron chi connectivity index (χ4n) is 3.48. The van der Waals surface area contributed by atoms with Gasteiger partial charge in [0, 0.05) is 25.1 Å². The molecule has 9 heteroatoms. The highest BCUT2D eigenvalue weighted by atomic mass is 32.2. The SMILES string of the molecule is O=S(=O)(c1cccs1)N1CCC(CO)(Cc2ccccc2C(F)(F)F)CC1. The quantitative estimate of drug-likeness (QED) is 0.803. The number of hydrogen-bond acceptors (Lipinski definition) is 4. The number of nitrogens with zero attached hydrogens (tertiary/aromatic N) is 1. The third-order valence-corrected chi connectivity index (χ3v) is 8.37. The van der Waals surface area contributed by atoms with Gasteiger partial charge < -0.3 is 5.11 Å². The van der Waals surface area contributed by atoms with E-state index < -0.39 is 27.2 Å². The Labute approximate surface area is 160 Å². The summed E-state index contributed by atoms with van der Waals surface area (Å²) in [6, 6.07) is 8.55. The second kappa shape index (κ2) is 7.54. The lowest BCUT2D eigenvalue weighted by atomic mass is 9.74. The first kappa shape index (κ1) is 20.3. The molecule has 1 N–H and O–H groups in total. The number of aliphatic hydroxyl groups is 1. The van der Waals surface area contributed by atoms with Gasteiger partial charge in [-0.3, -0.25) is 0 Å². The van der Waals surface area contributed by atoms with Crippen molar-refractivity contribution in [1.29, 1.82) is 0 Å². The van der Waals surface area contributed by atoms with E-state index in [9.17, 15) is 26.7 Å². The summed E-state index contributed by atoms with van der Waals surface area (Å²) in [5.41, 5.74) is -1.33. The number of halogens is 3. The number of thiophene rings is 1. The minimum absolute atomic E-state index is 0.0616. The van der Waals surface area contributed by atoms with Crippen molar-refractivity contribution < 1.29 is 26.7 Å². The number of benzene rings is 1. The molecule has 0 unspecified atom stereocenters. The van der Waals surface area contributed by atoms with Crippen molar-refractivity contribution in [1.82, 2.24) is 4.31 Å². The van der Waals surface area contributed by atoms with E-state index in [1.54, 1.807) is 17.5 Å². The van der Waals surface area contributed by atoms with E-state index in [-0.39, 0.29) is 35.9 Å². The summed E-state index contributed by atoms with van der Waals surface area (Å²) in [5.74, 6) is 0. The van der Waals surface area contributed by atoms with Crippen LogP contribution in [-0.4, -0.2) is 37.5 Å². The molecule has 1 aliphatic heterocycles. The summed E-state index contributed by atoms with van der Waals surface area (Å²) in [6.07, 6.45) is -3.79. The topological polar surface area (TPSA) is 57.6 Å². The molecule has 0 bridgehead atoms. The Balaban J connectivity index is 1.78. The van der Waals surface area contributed by atoms with Crippen LogP contribution in [-0.2, 0) is 22.6 Å². The zero-order valence-corrected chi connectivity index (χ0v) is 16.1. The van der Waals surface area contributed by atoms with Crippen molar-refractivity contribution in [3.8, 4) is 0 Å². The molecule has 27 heavy (non-hydrogen) atoms. The van der Waals surface area contributed by atoms with Crippen LogP contribution in [0, 0.1) is 5.41 Å². The summed E-state index contributed by atoms with van der Waals surface area (Å²) in [7, 11) is -3.59. The summed E-state index contributed by atoms with van der Waals surface area (Å²) >= 11 is 1.13. The molecule has 2 heterocycles. The first-order valence-electron chi connectivity index (χ1n) is 8.48. The summed E-state index contributed by atoms with van der Waals surface area (Å²) in [5, 5.41) is 11.6. The molecular formula is C18H20F3NO3S2. The summed E-state index contributed by atoms with van der Waals surface area (Å²) < 4.78 is 66.6. The standard InChI is InChI=1S/C18H20F3NO3S2/c19-18(20,21)15-5-2-1-4-14(15)12-17(13-23)7-9-22(10-8-17)27(24,25)16-6-3-11-26-16/h1-6,11,23H,7-10,12-13H2. The van der Waals surface area contributed by atoms with Crippen LogP contribution in [0.4, 0.5) is 13.2 Å². The van der Waals surface area contributed by atoms with Gasteiger partial charge in [-0.2, -0.15) is 17.5 Å². The van der Waals surface area contributed by atoms with Crippen LogP contribution < -0.4 is 0 Å². The van der Waals surface area contributed by atoms with Gasteiger partial charge in [-0.05, 0) is 42.3 Å². The smallest absolute Gasteiger partial charge is 0.396 e. The molecule has 0 radical (unpaired) electrons. The maximum absolute atomic E-state index is 13.3. The fourth-order valence-corrected chi connectivity index (χ4v) is 6.07. The number of alkyl halides is 3. The van der Waals surface area contributed by atoms with Crippen LogP contribution in [0.3, 0.4) is 0 Å². The maximum atomic E-state index is 13.3. The highest BCUT2D eigenvalue weighted by molar-refractivity contribution is 7.91. The fraction of sp³-hybridized carbons (Fsp3) is 0.444. The van der Waals surface area contributed by atoms with Gasteiger partial charge in [-0.1, -0.05) is 24.3 Å². The summed E-state index contributed by atoms with van der Waals surface area (Å²) in [6.45, 7) is 0.0655. The van der Waals surface area contributed by atoms with E-state index >= 15 is 0 Å². The van der Waals surface area contributed by atoms with Crippen LogP contribution in [0.5, 0.6) is 0 Å². The molecule has 4 nitrogen and oxygen atoms in total. The average molecular weight is 419 g/mol. The maximum Gasteiger partial charge on any atom is 0.416 e. The van der Waals surface area contributed by atoms with Gasteiger partial charge in [0.1, 0.15) is 4.21 Å². The van der Waals surface area contributed by atoms with E-state index in [4.69, 9.17) is 0 Å². The Hall–Kier alpha value is -1.42. The molecule has 0 aliphatic carbocycles. The average Bonchev–Trinajstić information content (AvgIpc) is 3.17. The third kappa shape index (κ3) is 4.21. The molecule has 148 valence electrons. The van der Waals surface area contributed by atoms with E-state index in [0.717, 1.165) is 17.4 Å². The molecular weight excluding hydrogens is 399 g/mol. The first-order chi connectivity index (χ1) is 12.7. The zero-order chi connectivity index (χ0) is 19.7. The molecule has 0 saturated carbocycles. The Bertz CT molecular complexity index is 872. The molecule has 1 saturated heterocycles. The van der Waals surface area contributed by atoms with E-state index in [0.29, 0.717) is 12.8 Å². The number of sulfonamides is 1. The predicted octanol–water partition coefficient (Wildman–Crippen LogP) is 3.77. The molecule has 3 rings (SSSR count). The van der Waals surface area contributed by atoms with Gasteiger partial charge in [0.25, 0.3) is 10.0 Å². The van der Waals surface area contributed by atoms with Crippen LogP contribution >= 0.6 is 11.3 Å². The largest absolute Gasteiger partial charge is 0.416 e. The molecule has 1 aromatic carbocycles. The van der Waals surface area contributed by atoms with Crippen molar-refractivity contribution in [2.24, 2.45) is 5.41 Å². The Morgan fingerprint density at radius 3 is 2.33 bits per heavy atom. The number of aliphatic hydroxyl groups excluding tert-OH is 1. The lowest BCUT2D eigenvalue weighted by Crippen LogP contribution is -2.45. The second-order valence-corrected chi connectivity index (χ2v) is 9.94. The highest BCUT2D eigenvalue weighted by Gasteiger charge is 2.41. The van der Waals surface area contributed by atoms with Crippen molar-refractivity contribution in [2.75, 3.05) is 19.7 Å². The Morgan fingerprint density at radius 1 is 1.11 bits per heavy atom. The molecule has 1 fully saturated rings. The van der Waals surface area contributed by atoms with Gasteiger partial charge in [-0.15, -0.1) is 11.3 Å². The molecule has 0 spiro atoms. The van der Waals surface area contributed by atoms with Gasteiger partial charge >= 0.3 is 6.18 Å². The molecule has 1 aromatic heterocycles. The lowest BCUT2D eigenvalue weighted by molar-refractivity contribution is -0.138. The second-order valence-electron chi connectivity index (χ2n) is 6.83.